The minimum absolute atomic E-state index is 0.369. The maximum atomic E-state index is 13.2. The molecule has 1 amide bonds. The third-order valence-corrected chi connectivity index (χ3v) is 6.17. The van der Waals surface area contributed by atoms with Crippen molar-refractivity contribution in [3.63, 3.8) is 0 Å². The number of aliphatic carboxylic acids is 1. The number of carbonyl (C=O) groups excluding carboxylic acids is 1. The molecule has 1 aliphatic heterocycles. The first kappa shape index (κ1) is 26.1. The van der Waals surface area contributed by atoms with E-state index in [0.29, 0.717) is 36.4 Å². The second-order valence-corrected chi connectivity index (χ2v) is 9.90. The van der Waals surface area contributed by atoms with Crippen molar-refractivity contribution in [3.8, 4) is 11.4 Å². The van der Waals surface area contributed by atoms with Crippen LogP contribution in [-0.4, -0.2) is 67.6 Å². The van der Waals surface area contributed by atoms with Gasteiger partial charge >= 0.3 is 12.1 Å². The maximum Gasteiger partial charge on any atom is 0.410 e. The fourth-order valence-corrected chi connectivity index (χ4v) is 4.64. The number of amides is 1. The first-order valence-electron chi connectivity index (χ1n) is 12.1. The van der Waals surface area contributed by atoms with Gasteiger partial charge in [0.15, 0.2) is 0 Å². The van der Waals surface area contributed by atoms with Gasteiger partial charge in [0, 0.05) is 18.2 Å². The number of carboxylic acid groups (broad SMARTS) is 1. The molecule has 2 N–H and O–H groups in total. The molecule has 11 nitrogen and oxygen atoms in total. The molecule has 11 heteroatoms. The van der Waals surface area contributed by atoms with E-state index in [0.717, 1.165) is 5.56 Å². The van der Waals surface area contributed by atoms with Crippen LogP contribution in [0, 0.1) is 0 Å². The smallest absolute Gasteiger partial charge is 0.410 e. The summed E-state index contributed by atoms with van der Waals surface area (Å²) in [6.07, 6.45) is 2.35. The number of benzene rings is 2. The number of methoxy groups -OCH3 is 1. The van der Waals surface area contributed by atoms with E-state index in [2.05, 4.69) is 20.8 Å². The molecule has 0 saturated carbocycles. The molecule has 4 rings (SSSR count). The lowest BCUT2D eigenvalue weighted by Crippen LogP contribution is -2.53. The van der Waals surface area contributed by atoms with Crippen LogP contribution in [0.15, 0.2) is 54.9 Å². The van der Waals surface area contributed by atoms with Gasteiger partial charge in [-0.15, -0.1) is 5.10 Å². The van der Waals surface area contributed by atoms with Crippen LogP contribution in [0.2, 0.25) is 0 Å². The standard InChI is InChI=1S/C26H32N6O5/c1-26(2,3)37-25(35)31-14-8-11-20(23(31)17-9-6-5-7-10-17)28-22(24(33)34)19-15-18(12-13-21(19)36-4)32-16-27-29-30-32/h5-7,9-10,12-13,15-16,20,22-23,28H,8,11,14H2,1-4H3,(H,33,34). The Labute approximate surface area is 215 Å². The first-order chi connectivity index (χ1) is 17.7. The van der Waals surface area contributed by atoms with Crippen molar-refractivity contribution in [1.29, 1.82) is 0 Å². The summed E-state index contributed by atoms with van der Waals surface area (Å²) in [6.45, 7) is 5.98. The third kappa shape index (κ3) is 6.05. The van der Waals surface area contributed by atoms with Gasteiger partial charge in [-0.25, -0.2) is 9.48 Å². The molecule has 1 saturated heterocycles. The van der Waals surface area contributed by atoms with Gasteiger partial charge in [-0.3, -0.25) is 15.0 Å². The average molecular weight is 509 g/mol. The van der Waals surface area contributed by atoms with E-state index in [1.165, 1.54) is 18.1 Å². The molecule has 0 radical (unpaired) electrons. The highest BCUT2D eigenvalue weighted by atomic mass is 16.6. The van der Waals surface area contributed by atoms with Crippen LogP contribution < -0.4 is 10.1 Å². The Morgan fingerprint density at radius 2 is 1.92 bits per heavy atom. The minimum Gasteiger partial charge on any atom is -0.496 e. The molecule has 0 spiro atoms. The number of aromatic nitrogens is 4. The van der Waals surface area contributed by atoms with Gasteiger partial charge in [0.05, 0.1) is 18.8 Å². The third-order valence-electron chi connectivity index (χ3n) is 6.17. The van der Waals surface area contributed by atoms with Crippen molar-refractivity contribution in [3.05, 3.63) is 66.0 Å². The fourth-order valence-electron chi connectivity index (χ4n) is 4.64. The minimum atomic E-state index is -1.12. The van der Waals surface area contributed by atoms with E-state index in [-0.39, 0.29) is 6.04 Å². The van der Waals surface area contributed by atoms with E-state index >= 15 is 0 Å². The molecule has 0 aliphatic carbocycles. The zero-order chi connectivity index (χ0) is 26.6. The largest absolute Gasteiger partial charge is 0.496 e. The maximum absolute atomic E-state index is 13.2. The van der Waals surface area contributed by atoms with E-state index in [1.54, 1.807) is 23.1 Å². The Balaban J connectivity index is 1.71. The second-order valence-electron chi connectivity index (χ2n) is 9.90. The summed E-state index contributed by atoms with van der Waals surface area (Å²) in [6, 6.07) is 12.8. The lowest BCUT2D eigenvalue weighted by molar-refractivity contribution is -0.140. The SMILES string of the molecule is COc1ccc(-n2cnnn2)cc1C(NC1CCCN(C(=O)OC(C)(C)C)C1c1ccccc1)C(=O)O. The number of carbonyl (C=O) groups is 2. The highest BCUT2D eigenvalue weighted by Gasteiger charge is 2.40. The number of tetrazole rings is 1. The molecule has 37 heavy (non-hydrogen) atoms. The van der Waals surface area contributed by atoms with Crippen LogP contribution in [0.4, 0.5) is 4.79 Å². The molecule has 2 aromatic carbocycles. The molecule has 3 aromatic rings. The van der Waals surface area contributed by atoms with Crippen LogP contribution in [0.5, 0.6) is 5.75 Å². The normalized spacial score (nSPS) is 18.8. The van der Waals surface area contributed by atoms with Crippen LogP contribution in [0.25, 0.3) is 5.69 Å². The Morgan fingerprint density at radius 1 is 1.16 bits per heavy atom. The zero-order valence-electron chi connectivity index (χ0n) is 21.4. The lowest BCUT2D eigenvalue weighted by Gasteiger charge is -2.43. The molecule has 3 unspecified atom stereocenters. The summed E-state index contributed by atoms with van der Waals surface area (Å²) in [7, 11) is 1.49. The molecule has 0 bridgehead atoms. The highest BCUT2D eigenvalue weighted by molar-refractivity contribution is 5.77. The van der Waals surface area contributed by atoms with E-state index in [9.17, 15) is 14.7 Å². The van der Waals surface area contributed by atoms with Gasteiger partial charge in [-0.05, 0) is 67.8 Å². The number of carboxylic acids is 1. The summed E-state index contributed by atoms with van der Waals surface area (Å²) in [5.41, 5.74) is 1.24. The van der Waals surface area contributed by atoms with Gasteiger partial charge in [0.1, 0.15) is 23.7 Å². The Morgan fingerprint density at radius 3 is 2.54 bits per heavy atom. The first-order valence-corrected chi connectivity index (χ1v) is 12.1. The number of ether oxygens (including phenoxy) is 2. The molecule has 3 atom stereocenters. The number of rotatable bonds is 7. The van der Waals surface area contributed by atoms with Gasteiger partial charge < -0.3 is 14.6 Å². The summed E-state index contributed by atoms with van der Waals surface area (Å²) in [5.74, 6) is -0.666. The Bertz CT molecular complexity index is 1210. The van der Waals surface area contributed by atoms with Crippen LogP contribution in [0.3, 0.4) is 0 Å². The monoisotopic (exact) mass is 508 g/mol. The molecule has 1 fully saturated rings. The van der Waals surface area contributed by atoms with Crippen LogP contribution in [0.1, 0.15) is 56.8 Å². The number of hydrogen-bond donors (Lipinski definition) is 2. The summed E-state index contributed by atoms with van der Waals surface area (Å²) >= 11 is 0. The van der Waals surface area contributed by atoms with Crippen molar-refractivity contribution >= 4 is 12.1 Å². The number of likely N-dealkylation sites (tertiary alicyclic amines) is 1. The lowest BCUT2D eigenvalue weighted by atomic mass is 9.89. The predicted molar refractivity (Wildman–Crippen MR) is 134 cm³/mol. The summed E-state index contributed by atoms with van der Waals surface area (Å²) in [5, 5.41) is 24.9. The summed E-state index contributed by atoms with van der Waals surface area (Å²) in [4.78, 5) is 27.5. The fraction of sp³-hybridized carbons (Fsp3) is 0.423. The number of nitrogens with one attached hydrogen (secondary N) is 1. The topological polar surface area (TPSA) is 132 Å². The molecule has 196 valence electrons. The molecule has 1 aromatic heterocycles. The highest BCUT2D eigenvalue weighted by Crippen LogP contribution is 2.36. The average Bonchev–Trinajstić information content (AvgIpc) is 3.41. The van der Waals surface area contributed by atoms with Gasteiger partial charge in [-0.1, -0.05) is 30.3 Å². The van der Waals surface area contributed by atoms with Gasteiger partial charge in [0.25, 0.3) is 0 Å². The molecule has 2 heterocycles. The van der Waals surface area contributed by atoms with Gasteiger partial charge in [-0.2, -0.15) is 0 Å². The molecular formula is C26H32N6O5. The van der Waals surface area contributed by atoms with Crippen molar-refractivity contribution < 1.29 is 24.2 Å². The van der Waals surface area contributed by atoms with E-state index < -0.39 is 29.7 Å². The zero-order valence-corrected chi connectivity index (χ0v) is 21.4. The van der Waals surface area contributed by atoms with Crippen molar-refractivity contribution in [2.24, 2.45) is 0 Å². The Kier molecular flexibility index (Phi) is 7.72. The second kappa shape index (κ2) is 11.0. The van der Waals surface area contributed by atoms with E-state index in [4.69, 9.17) is 9.47 Å². The number of nitrogens with zero attached hydrogens (tertiary/aromatic N) is 5. The Hall–Kier alpha value is -3.99. The van der Waals surface area contributed by atoms with Crippen LogP contribution in [-0.2, 0) is 9.53 Å². The quantitative estimate of drug-likeness (QED) is 0.492. The number of piperidine rings is 1. The van der Waals surface area contributed by atoms with E-state index in [1.807, 2.05) is 51.1 Å². The number of hydrogen-bond acceptors (Lipinski definition) is 8. The van der Waals surface area contributed by atoms with Crippen LogP contribution >= 0.6 is 0 Å². The summed E-state index contributed by atoms with van der Waals surface area (Å²) < 4.78 is 12.7. The molecular weight excluding hydrogens is 476 g/mol. The van der Waals surface area contributed by atoms with Crippen molar-refractivity contribution in [2.45, 2.75) is 57.3 Å². The predicted octanol–water partition coefficient (Wildman–Crippen LogP) is 3.53. The van der Waals surface area contributed by atoms with Gasteiger partial charge in [0.2, 0.25) is 0 Å². The van der Waals surface area contributed by atoms with Crippen molar-refractivity contribution in [2.75, 3.05) is 13.7 Å². The molecule has 1 aliphatic rings. The van der Waals surface area contributed by atoms with Crippen molar-refractivity contribution in [1.82, 2.24) is 30.4 Å².